The van der Waals surface area contributed by atoms with Gasteiger partial charge in [-0.05, 0) is 6.92 Å². The number of nitrogens with one attached hydrogen (secondary N) is 1. The summed E-state index contributed by atoms with van der Waals surface area (Å²) in [5.41, 5.74) is 0.210. The third kappa shape index (κ3) is 1.91. The smallest absolute Gasteiger partial charge is 0.271 e. The number of amides is 1. The van der Waals surface area contributed by atoms with Crippen LogP contribution in [0, 0.1) is 0 Å². The minimum atomic E-state index is -0.286. The van der Waals surface area contributed by atoms with Crippen LogP contribution in [0.5, 0.6) is 5.06 Å². The van der Waals surface area contributed by atoms with Gasteiger partial charge in [-0.1, -0.05) is 0 Å². The molecule has 4 nitrogen and oxygen atoms in total. The summed E-state index contributed by atoms with van der Waals surface area (Å²) < 4.78 is 3.65. The van der Waals surface area contributed by atoms with Gasteiger partial charge < -0.3 is 5.32 Å². The lowest BCUT2D eigenvalue weighted by molar-refractivity contribution is 0.0951. The molecule has 0 aliphatic carbocycles. The van der Waals surface area contributed by atoms with E-state index in [4.69, 9.17) is 0 Å². The highest BCUT2D eigenvalue weighted by Crippen LogP contribution is 2.16. The van der Waals surface area contributed by atoms with Gasteiger partial charge in [0.15, 0.2) is 0 Å². The zero-order valence-corrected chi connectivity index (χ0v) is 6.77. The van der Waals surface area contributed by atoms with Crippen molar-refractivity contribution in [3.05, 3.63) is 11.8 Å². The molecular weight excluding hydrogens is 164 g/mol. The summed E-state index contributed by atoms with van der Waals surface area (Å²) >= 11 is 0.792. The lowest BCUT2D eigenvalue weighted by atomic mass is 10.4. The first-order valence-electron chi connectivity index (χ1n) is 3.16. The molecule has 0 atom stereocenters. The second-order valence-corrected chi connectivity index (χ2v) is 2.66. The Morgan fingerprint density at radius 2 is 2.55 bits per heavy atom. The third-order valence-electron chi connectivity index (χ3n) is 1.06. The first-order chi connectivity index (χ1) is 5.24. The fraction of sp³-hybridized carbons (Fsp3) is 0.333. The van der Waals surface area contributed by atoms with Gasteiger partial charge in [-0.15, -0.1) is 0 Å². The maximum atomic E-state index is 11.0. The summed E-state index contributed by atoms with van der Waals surface area (Å²) in [7, 11) is 0. The normalized spacial score (nSPS) is 9.55. The standard InChI is InChI=1S/C6H7N2O2S/c1-2-7-6(10)4-3-5(9)11-8-4/h3H,2H2,1H3,(H,7,10). The largest absolute Gasteiger partial charge is 0.351 e. The molecule has 0 fully saturated rings. The lowest BCUT2D eigenvalue weighted by Crippen LogP contribution is -2.22. The van der Waals surface area contributed by atoms with Gasteiger partial charge in [0.25, 0.3) is 11.0 Å². The van der Waals surface area contributed by atoms with Crippen LogP contribution in [0.4, 0.5) is 0 Å². The highest BCUT2D eigenvalue weighted by Gasteiger charge is 2.08. The van der Waals surface area contributed by atoms with E-state index >= 15 is 0 Å². The van der Waals surface area contributed by atoms with Crippen LogP contribution in [0.25, 0.3) is 0 Å². The van der Waals surface area contributed by atoms with Gasteiger partial charge in [0.05, 0.1) is 0 Å². The van der Waals surface area contributed by atoms with Crippen LogP contribution in [0.3, 0.4) is 0 Å². The van der Waals surface area contributed by atoms with Crippen molar-refractivity contribution in [1.29, 1.82) is 0 Å². The van der Waals surface area contributed by atoms with Crippen molar-refractivity contribution in [1.82, 2.24) is 9.69 Å². The van der Waals surface area contributed by atoms with Crippen LogP contribution in [0.2, 0.25) is 0 Å². The van der Waals surface area contributed by atoms with Crippen molar-refractivity contribution >= 4 is 17.4 Å². The van der Waals surface area contributed by atoms with Gasteiger partial charge in [-0.2, -0.15) is 4.37 Å². The third-order valence-corrected chi connectivity index (χ3v) is 1.64. The lowest BCUT2D eigenvalue weighted by Gasteiger charge is -1.94. The Morgan fingerprint density at radius 3 is 3.00 bits per heavy atom. The van der Waals surface area contributed by atoms with Crippen LogP contribution in [-0.2, 0) is 5.11 Å². The van der Waals surface area contributed by atoms with Crippen molar-refractivity contribution in [2.24, 2.45) is 0 Å². The molecule has 0 saturated carbocycles. The first kappa shape index (κ1) is 8.00. The molecule has 5 heteroatoms. The molecule has 0 aromatic carbocycles. The summed E-state index contributed by atoms with van der Waals surface area (Å²) in [4.78, 5) is 11.0. The number of carbonyl (C=O) groups excluding carboxylic acids is 1. The number of carbonyl (C=O) groups is 1. The Morgan fingerprint density at radius 1 is 1.82 bits per heavy atom. The van der Waals surface area contributed by atoms with Crippen molar-refractivity contribution in [3.8, 4) is 5.06 Å². The second-order valence-electron chi connectivity index (χ2n) is 1.89. The average Bonchev–Trinajstić information content (AvgIpc) is 2.36. The maximum Gasteiger partial charge on any atom is 0.271 e. The van der Waals surface area contributed by atoms with Gasteiger partial charge in [0, 0.05) is 24.1 Å². The van der Waals surface area contributed by atoms with E-state index in [-0.39, 0.29) is 16.7 Å². The van der Waals surface area contributed by atoms with E-state index in [9.17, 15) is 9.90 Å². The molecule has 0 aliphatic heterocycles. The number of nitrogens with zero attached hydrogens (tertiary/aromatic N) is 1. The zero-order valence-electron chi connectivity index (χ0n) is 5.96. The number of hydrogen-bond acceptors (Lipinski definition) is 3. The number of rotatable bonds is 2. The molecule has 1 amide bonds. The van der Waals surface area contributed by atoms with Gasteiger partial charge in [0.2, 0.25) is 0 Å². The molecule has 0 unspecified atom stereocenters. The van der Waals surface area contributed by atoms with Crippen molar-refractivity contribution in [3.63, 3.8) is 0 Å². The van der Waals surface area contributed by atoms with E-state index in [1.807, 2.05) is 6.92 Å². The predicted molar refractivity (Wildman–Crippen MR) is 40.3 cm³/mol. The molecule has 1 aromatic heterocycles. The highest BCUT2D eigenvalue weighted by molar-refractivity contribution is 7.07. The monoisotopic (exact) mass is 171 g/mol. The molecule has 1 aromatic rings. The zero-order chi connectivity index (χ0) is 8.27. The summed E-state index contributed by atoms with van der Waals surface area (Å²) in [5.74, 6) is -0.286. The number of hydrogen-bond donors (Lipinski definition) is 1. The van der Waals surface area contributed by atoms with Gasteiger partial charge in [-0.25, -0.2) is 0 Å². The summed E-state index contributed by atoms with van der Waals surface area (Å²) in [6.07, 6.45) is 0. The molecule has 1 rings (SSSR count). The molecular formula is C6H7N2O2S. The van der Waals surface area contributed by atoms with Crippen LogP contribution < -0.4 is 5.32 Å². The molecule has 0 saturated heterocycles. The quantitative estimate of drug-likeness (QED) is 0.722. The number of aromatic nitrogens is 1. The molecule has 0 aliphatic rings. The summed E-state index contributed by atoms with van der Waals surface area (Å²) in [5, 5.41) is 12.9. The van der Waals surface area contributed by atoms with Crippen molar-refractivity contribution < 1.29 is 9.90 Å². The Hall–Kier alpha value is -1.10. The van der Waals surface area contributed by atoms with Crippen LogP contribution in [0.15, 0.2) is 6.07 Å². The van der Waals surface area contributed by atoms with Gasteiger partial charge in [-0.3, -0.25) is 9.90 Å². The maximum absolute atomic E-state index is 11.0. The molecule has 11 heavy (non-hydrogen) atoms. The van der Waals surface area contributed by atoms with E-state index in [0.717, 1.165) is 11.5 Å². The minimum Gasteiger partial charge on any atom is -0.351 e. The Kier molecular flexibility index (Phi) is 2.43. The average molecular weight is 171 g/mol. The second kappa shape index (κ2) is 3.34. The van der Waals surface area contributed by atoms with Gasteiger partial charge >= 0.3 is 0 Å². The van der Waals surface area contributed by atoms with Crippen molar-refractivity contribution in [2.45, 2.75) is 6.92 Å². The molecule has 1 heterocycles. The summed E-state index contributed by atoms with van der Waals surface area (Å²) in [6.45, 7) is 2.35. The van der Waals surface area contributed by atoms with Crippen LogP contribution in [-0.4, -0.2) is 16.8 Å². The predicted octanol–water partition coefficient (Wildman–Crippen LogP) is 1.04. The minimum absolute atomic E-state index is 0.189. The van der Waals surface area contributed by atoms with Crippen molar-refractivity contribution in [2.75, 3.05) is 6.54 Å². The van der Waals surface area contributed by atoms with E-state index < -0.39 is 0 Å². The van der Waals surface area contributed by atoms with Gasteiger partial charge in [0.1, 0.15) is 5.69 Å². The highest BCUT2D eigenvalue weighted by atomic mass is 32.1. The SMILES string of the molecule is CCNC(=O)c1cc([O])sn1. The van der Waals surface area contributed by atoms with Crippen LogP contribution >= 0.6 is 11.5 Å². The Bertz CT molecular complexity index is 259. The van der Waals surface area contributed by atoms with E-state index in [2.05, 4.69) is 9.69 Å². The fourth-order valence-electron chi connectivity index (χ4n) is 0.617. The van der Waals surface area contributed by atoms with E-state index in [1.54, 1.807) is 0 Å². The summed E-state index contributed by atoms with van der Waals surface area (Å²) in [6, 6.07) is 1.23. The Balaban J connectivity index is 2.69. The molecule has 0 spiro atoms. The molecule has 59 valence electrons. The van der Waals surface area contributed by atoms with Crippen LogP contribution in [0.1, 0.15) is 17.4 Å². The fourth-order valence-corrected chi connectivity index (χ4v) is 1.10. The Labute approximate surface area is 68.0 Å². The first-order valence-corrected chi connectivity index (χ1v) is 3.93. The van der Waals surface area contributed by atoms with E-state index in [0.29, 0.717) is 6.54 Å². The molecule has 1 N–H and O–H groups in total. The molecule has 0 bridgehead atoms. The van der Waals surface area contributed by atoms with E-state index in [1.165, 1.54) is 6.07 Å². The molecule has 1 radical (unpaired) electrons. The topological polar surface area (TPSA) is 61.9 Å².